The van der Waals surface area contributed by atoms with Crippen LogP contribution >= 0.6 is 7.26 Å². The maximum atomic E-state index is 12.4. The molecule has 0 saturated carbocycles. The molecule has 0 amide bonds. The summed E-state index contributed by atoms with van der Waals surface area (Å²) in [6.07, 6.45) is 1.29. The number of carbonyl (C=O) groups excluding carboxylic acids is 1. The van der Waals surface area contributed by atoms with Crippen LogP contribution in [-0.4, -0.2) is 31.4 Å². The molecule has 0 aromatic heterocycles. The first-order valence-corrected chi connectivity index (χ1v) is 11.9. The van der Waals surface area contributed by atoms with E-state index in [4.69, 9.17) is 10.5 Å². The third kappa shape index (κ3) is 6.24. The number of carbonyl (C=O) groups is 1. The molecule has 0 unspecified atom stereocenters. The SMILES string of the molecule is C[P+](CCOC(=O)[C@@H](N)Cc1ccccc1)(c1ccccc1)c1ccccc1.[Br-]. The minimum atomic E-state index is -1.65. The maximum absolute atomic E-state index is 12.4. The maximum Gasteiger partial charge on any atom is 0.323 e. The van der Waals surface area contributed by atoms with Gasteiger partial charge in [0.15, 0.2) is 0 Å². The molecule has 0 heterocycles. The lowest BCUT2D eigenvalue weighted by Gasteiger charge is -2.23. The van der Waals surface area contributed by atoms with E-state index in [2.05, 4.69) is 55.2 Å². The van der Waals surface area contributed by atoms with Crippen molar-refractivity contribution in [3.8, 4) is 0 Å². The summed E-state index contributed by atoms with van der Waals surface area (Å²) in [5, 5.41) is 2.62. The summed E-state index contributed by atoms with van der Waals surface area (Å²) in [4.78, 5) is 12.4. The van der Waals surface area contributed by atoms with Crippen LogP contribution in [0.1, 0.15) is 5.56 Å². The van der Waals surface area contributed by atoms with Crippen molar-refractivity contribution in [3.63, 3.8) is 0 Å². The molecule has 0 radical (unpaired) electrons. The number of ether oxygens (including phenoxy) is 1. The minimum Gasteiger partial charge on any atom is -1.00 e. The van der Waals surface area contributed by atoms with Crippen molar-refractivity contribution < 1.29 is 26.5 Å². The lowest BCUT2D eigenvalue weighted by atomic mass is 10.1. The van der Waals surface area contributed by atoms with Gasteiger partial charge in [0, 0.05) is 0 Å². The van der Waals surface area contributed by atoms with E-state index < -0.39 is 13.3 Å². The monoisotopic (exact) mass is 471 g/mol. The molecule has 0 aliphatic carbocycles. The number of hydrogen-bond donors (Lipinski definition) is 1. The first-order valence-electron chi connectivity index (χ1n) is 9.52. The highest BCUT2D eigenvalue weighted by molar-refractivity contribution is 7.88. The summed E-state index contributed by atoms with van der Waals surface area (Å²) in [6, 6.07) is 30.2. The summed E-state index contributed by atoms with van der Waals surface area (Å²) in [6.45, 7) is 2.67. The first kappa shape index (κ1) is 23.3. The zero-order valence-corrected chi connectivity index (χ0v) is 19.1. The second-order valence-electron chi connectivity index (χ2n) is 7.05. The molecule has 152 valence electrons. The van der Waals surface area contributed by atoms with Crippen molar-refractivity contribution in [2.45, 2.75) is 12.5 Å². The van der Waals surface area contributed by atoms with Crippen LogP contribution in [0.15, 0.2) is 91.0 Å². The molecular formula is C24H27BrNO2P. The van der Waals surface area contributed by atoms with E-state index in [1.54, 1.807) is 0 Å². The fourth-order valence-corrected chi connectivity index (χ4v) is 6.24. The van der Waals surface area contributed by atoms with E-state index in [1.807, 2.05) is 42.5 Å². The highest BCUT2D eigenvalue weighted by Gasteiger charge is 2.37. The number of rotatable bonds is 8. The topological polar surface area (TPSA) is 52.3 Å². The minimum absolute atomic E-state index is 0. The Kier molecular flexibility index (Phi) is 9.03. The smallest absolute Gasteiger partial charge is 0.323 e. The standard InChI is InChI=1S/C24H27NO2P.BrH/c1-28(21-13-7-3-8-14-21,22-15-9-4-10-16-22)18-17-27-24(26)23(25)19-20-11-5-2-6-12-20;/h2-16,23H,17-19,25H2,1H3;1H/q+1;/p-1/t23-;/m0./s1. The molecule has 0 aliphatic rings. The van der Waals surface area contributed by atoms with Gasteiger partial charge in [-0.15, -0.1) is 0 Å². The Morgan fingerprint density at radius 3 is 1.79 bits per heavy atom. The third-order valence-electron chi connectivity index (χ3n) is 5.04. The number of hydrogen-bond acceptors (Lipinski definition) is 3. The van der Waals surface area contributed by atoms with Crippen LogP contribution in [0.5, 0.6) is 0 Å². The molecule has 0 fully saturated rings. The van der Waals surface area contributed by atoms with E-state index in [1.165, 1.54) is 10.6 Å². The van der Waals surface area contributed by atoms with Gasteiger partial charge >= 0.3 is 5.97 Å². The lowest BCUT2D eigenvalue weighted by Crippen LogP contribution is -3.00. The van der Waals surface area contributed by atoms with E-state index in [0.717, 1.165) is 11.7 Å². The molecule has 5 heteroatoms. The van der Waals surface area contributed by atoms with Gasteiger partial charge in [0.2, 0.25) is 0 Å². The summed E-state index contributed by atoms with van der Waals surface area (Å²) in [7, 11) is -1.65. The number of benzene rings is 3. The van der Waals surface area contributed by atoms with Crippen molar-refractivity contribution in [2.75, 3.05) is 19.4 Å². The van der Waals surface area contributed by atoms with Crippen LogP contribution in [0.2, 0.25) is 0 Å². The molecule has 0 spiro atoms. The Labute approximate surface area is 184 Å². The predicted molar refractivity (Wildman–Crippen MR) is 119 cm³/mol. The van der Waals surface area contributed by atoms with Gasteiger partial charge < -0.3 is 27.5 Å². The molecule has 0 aliphatic heterocycles. The number of esters is 1. The fourth-order valence-electron chi connectivity index (χ4n) is 3.31. The normalized spacial score (nSPS) is 11.9. The molecule has 1 atom stereocenters. The molecule has 3 nitrogen and oxygen atoms in total. The van der Waals surface area contributed by atoms with Gasteiger partial charge in [0.05, 0.1) is 24.5 Å². The van der Waals surface area contributed by atoms with Crippen LogP contribution < -0.4 is 33.3 Å². The van der Waals surface area contributed by atoms with Crippen molar-refractivity contribution >= 4 is 23.8 Å². The van der Waals surface area contributed by atoms with Crippen LogP contribution in [0.4, 0.5) is 0 Å². The van der Waals surface area contributed by atoms with E-state index in [0.29, 0.717) is 13.0 Å². The molecule has 29 heavy (non-hydrogen) atoms. The van der Waals surface area contributed by atoms with Gasteiger partial charge in [-0.3, -0.25) is 4.79 Å². The summed E-state index contributed by atoms with van der Waals surface area (Å²) < 4.78 is 5.58. The average Bonchev–Trinajstić information content (AvgIpc) is 2.75. The largest absolute Gasteiger partial charge is 1.00 e. The molecule has 0 saturated heterocycles. The Bertz CT molecular complexity index is 836. The Morgan fingerprint density at radius 2 is 1.31 bits per heavy atom. The van der Waals surface area contributed by atoms with Gasteiger partial charge in [0.25, 0.3) is 0 Å². The van der Waals surface area contributed by atoms with Crippen LogP contribution in [-0.2, 0) is 16.0 Å². The molecule has 2 N–H and O–H groups in total. The van der Waals surface area contributed by atoms with Gasteiger partial charge in [-0.25, -0.2) is 0 Å². The highest BCUT2D eigenvalue weighted by atomic mass is 79.9. The van der Waals surface area contributed by atoms with Crippen molar-refractivity contribution in [1.82, 2.24) is 0 Å². The molecule has 0 bridgehead atoms. The summed E-state index contributed by atoms with van der Waals surface area (Å²) >= 11 is 0. The van der Waals surface area contributed by atoms with Crippen molar-refractivity contribution in [2.24, 2.45) is 5.73 Å². The molecule has 3 aromatic rings. The van der Waals surface area contributed by atoms with Crippen LogP contribution in [0, 0.1) is 0 Å². The van der Waals surface area contributed by atoms with Gasteiger partial charge in [-0.05, 0) is 36.2 Å². The van der Waals surface area contributed by atoms with Gasteiger partial charge in [0.1, 0.15) is 18.8 Å². The molecular weight excluding hydrogens is 445 g/mol. The molecule has 3 aromatic carbocycles. The number of nitrogens with two attached hydrogens (primary N) is 1. The zero-order chi connectivity index (χ0) is 19.8. The van der Waals surface area contributed by atoms with E-state index >= 15 is 0 Å². The second-order valence-corrected chi connectivity index (χ2v) is 10.9. The lowest BCUT2D eigenvalue weighted by molar-refractivity contribution is -0.144. The Hall–Kier alpha value is -2.00. The Balaban J connectivity index is 0.00000300. The highest BCUT2D eigenvalue weighted by Crippen LogP contribution is 2.52. The quantitative estimate of drug-likeness (QED) is 0.382. The summed E-state index contributed by atoms with van der Waals surface area (Å²) in [5.41, 5.74) is 7.10. The zero-order valence-electron chi connectivity index (χ0n) is 16.6. The van der Waals surface area contributed by atoms with Crippen molar-refractivity contribution in [1.29, 1.82) is 0 Å². The second kappa shape index (κ2) is 11.3. The van der Waals surface area contributed by atoms with Crippen molar-refractivity contribution in [3.05, 3.63) is 96.6 Å². The van der Waals surface area contributed by atoms with Gasteiger partial charge in [-0.1, -0.05) is 66.7 Å². The summed E-state index contributed by atoms with van der Waals surface area (Å²) in [5.74, 6) is -0.337. The molecule has 3 rings (SSSR count). The first-order chi connectivity index (χ1) is 13.6. The fraction of sp³-hybridized carbons (Fsp3) is 0.208. The van der Waals surface area contributed by atoms with E-state index in [9.17, 15) is 4.79 Å². The third-order valence-corrected chi connectivity index (χ3v) is 8.99. The van der Waals surface area contributed by atoms with Gasteiger partial charge in [-0.2, -0.15) is 0 Å². The average molecular weight is 472 g/mol. The van der Waals surface area contributed by atoms with E-state index in [-0.39, 0.29) is 23.0 Å². The Morgan fingerprint density at radius 1 is 0.862 bits per heavy atom. The van der Waals surface area contributed by atoms with Crippen LogP contribution in [0.25, 0.3) is 0 Å². The number of halogens is 1. The van der Waals surface area contributed by atoms with Crippen LogP contribution in [0.3, 0.4) is 0 Å². The predicted octanol–water partition coefficient (Wildman–Crippen LogP) is 0.402.